The minimum atomic E-state index is -4.99. The highest BCUT2D eigenvalue weighted by molar-refractivity contribution is 5.81. The van der Waals surface area contributed by atoms with Crippen LogP contribution in [0.15, 0.2) is 42.7 Å². The zero-order valence-corrected chi connectivity index (χ0v) is 11.6. The molecule has 0 radical (unpaired) electrons. The predicted molar refractivity (Wildman–Crippen MR) is 72.5 cm³/mol. The molecule has 0 unspecified atom stereocenters. The van der Waals surface area contributed by atoms with Crippen LogP contribution in [0.3, 0.4) is 0 Å². The molecule has 0 atom stereocenters. The SMILES string of the molecule is O=C(NCc1ccc(C(F)F)c(-c2ccncc2)c1)C(F)(F)F. The average molecular weight is 330 g/mol. The van der Waals surface area contributed by atoms with Crippen molar-refractivity contribution >= 4 is 5.91 Å². The lowest BCUT2D eigenvalue weighted by atomic mass is 9.98. The third kappa shape index (κ3) is 4.24. The predicted octanol–water partition coefficient (Wildman–Crippen LogP) is 3.86. The summed E-state index contributed by atoms with van der Waals surface area (Å²) in [5, 5.41) is 1.70. The highest BCUT2D eigenvalue weighted by Gasteiger charge is 2.38. The van der Waals surface area contributed by atoms with Gasteiger partial charge in [-0.05, 0) is 34.9 Å². The number of hydrogen-bond acceptors (Lipinski definition) is 2. The first-order valence-electron chi connectivity index (χ1n) is 6.45. The van der Waals surface area contributed by atoms with Gasteiger partial charge in [-0.25, -0.2) is 8.78 Å². The first-order valence-corrected chi connectivity index (χ1v) is 6.45. The number of carbonyl (C=O) groups is 1. The summed E-state index contributed by atoms with van der Waals surface area (Å²) in [5.41, 5.74) is 0.668. The number of pyridine rings is 1. The van der Waals surface area contributed by atoms with Gasteiger partial charge in [0.25, 0.3) is 6.43 Å². The molecule has 0 aliphatic heterocycles. The van der Waals surface area contributed by atoms with Crippen LogP contribution in [0, 0.1) is 0 Å². The topological polar surface area (TPSA) is 42.0 Å². The molecule has 0 spiro atoms. The van der Waals surface area contributed by atoms with Gasteiger partial charge in [-0.2, -0.15) is 13.2 Å². The van der Waals surface area contributed by atoms with Crippen molar-refractivity contribution in [3.8, 4) is 11.1 Å². The van der Waals surface area contributed by atoms with Crippen LogP contribution in [-0.4, -0.2) is 17.1 Å². The standard InChI is InChI=1S/C15H11F5N2O/c16-13(17)11-2-1-9(8-22-14(23)15(18,19)20)7-12(11)10-3-5-21-6-4-10/h1-7,13H,8H2,(H,22,23). The van der Waals surface area contributed by atoms with Gasteiger partial charge in [0.1, 0.15) is 0 Å². The Hall–Kier alpha value is -2.51. The zero-order valence-electron chi connectivity index (χ0n) is 11.6. The monoisotopic (exact) mass is 330 g/mol. The van der Waals surface area contributed by atoms with Crippen LogP contribution in [0.25, 0.3) is 11.1 Å². The van der Waals surface area contributed by atoms with Crippen LogP contribution in [0.2, 0.25) is 0 Å². The van der Waals surface area contributed by atoms with E-state index in [4.69, 9.17) is 0 Å². The molecule has 1 N–H and O–H groups in total. The van der Waals surface area contributed by atoms with E-state index >= 15 is 0 Å². The molecule has 1 aromatic carbocycles. The number of alkyl halides is 5. The Morgan fingerprint density at radius 1 is 1.13 bits per heavy atom. The number of hydrogen-bond donors (Lipinski definition) is 1. The maximum Gasteiger partial charge on any atom is 0.471 e. The van der Waals surface area contributed by atoms with Gasteiger partial charge in [0.2, 0.25) is 0 Å². The van der Waals surface area contributed by atoms with Crippen molar-refractivity contribution in [2.75, 3.05) is 0 Å². The first-order chi connectivity index (χ1) is 10.8. The Bertz CT molecular complexity index is 686. The molecule has 0 fully saturated rings. The van der Waals surface area contributed by atoms with Crippen molar-refractivity contribution < 1.29 is 26.7 Å². The maximum absolute atomic E-state index is 13.1. The number of rotatable bonds is 4. The Kier molecular flexibility index (Phi) is 4.92. The smallest absolute Gasteiger partial charge is 0.344 e. The third-order valence-corrected chi connectivity index (χ3v) is 3.05. The molecule has 8 heteroatoms. The van der Waals surface area contributed by atoms with Gasteiger partial charge in [-0.3, -0.25) is 9.78 Å². The first kappa shape index (κ1) is 16.9. The molecule has 0 saturated heterocycles. The molecule has 0 saturated carbocycles. The fourth-order valence-corrected chi connectivity index (χ4v) is 1.97. The number of aromatic nitrogens is 1. The molecular weight excluding hydrogens is 319 g/mol. The fourth-order valence-electron chi connectivity index (χ4n) is 1.97. The second kappa shape index (κ2) is 6.72. The van der Waals surface area contributed by atoms with E-state index in [-0.39, 0.29) is 16.7 Å². The number of halogens is 5. The number of amides is 1. The van der Waals surface area contributed by atoms with E-state index in [0.717, 1.165) is 6.07 Å². The van der Waals surface area contributed by atoms with E-state index in [1.54, 1.807) is 5.32 Å². The van der Waals surface area contributed by atoms with Gasteiger partial charge in [-0.15, -0.1) is 0 Å². The van der Waals surface area contributed by atoms with Crippen LogP contribution in [0.5, 0.6) is 0 Å². The molecular formula is C15H11F5N2O. The largest absolute Gasteiger partial charge is 0.471 e. The van der Waals surface area contributed by atoms with Crippen molar-refractivity contribution in [3.63, 3.8) is 0 Å². The van der Waals surface area contributed by atoms with Crippen molar-refractivity contribution in [1.82, 2.24) is 10.3 Å². The molecule has 2 aromatic rings. The van der Waals surface area contributed by atoms with Gasteiger partial charge in [0, 0.05) is 24.5 Å². The molecule has 23 heavy (non-hydrogen) atoms. The molecule has 2 rings (SSSR count). The number of carbonyl (C=O) groups excluding carboxylic acids is 1. The summed E-state index contributed by atoms with van der Waals surface area (Å²) < 4.78 is 62.6. The summed E-state index contributed by atoms with van der Waals surface area (Å²) in [6, 6.07) is 6.74. The van der Waals surface area contributed by atoms with Crippen molar-refractivity contribution in [2.24, 2.45) is 0 Å². The molecule has 0 bridgehead atoms. The Morgan fingerprint density at radius 3 is 2.35 bits per heavy atom. The van der Waals surface area contributed by atoms with Crippen LogP contribution >= 0.6 is 0 Å². The minimum absolute atomic E-state index is 0.182. The van der Waals surface area contributed by atoms with Crippen LogP contribution in [0.1, 0.15) is 17.6 Å². The number of nitrogens with zero attached hydrogens (tertiary/aromatic N) is 1. The average Bonchev–Trinajstić information content (AvgIpc) is 2.52. The van der Waals surface area contributed by atoms with Crippen molar-refractivity contribution in [2.45, 2.75) is 19.1 Å². The molecule has 1 aromatic heterocycles. The molecule has 122 valence electrons. The zero-order chi connectivity index (χ0) is 17.0. The maximum atomic E-state index is 13.1. The summed E-state index contributed by atoms with van der Waals surface area (Å²) in [5.74, 6) is -2.08. The van der Waals surface area contributed by atoms with E-state index in [0.29, 0.717) is 5.56 Å². The summed E-state index contributed by atoms with van der Waals surface area (Å²) in [6.45, 7) is -0.417. The summed E-state index contributed by atoms with van der Waals surface area (Å²) in [6.07, 6.45) is -4.89. The van der Waals surface area contributed by atoms with Crippen LogP contribution in [-0.2, 0) is 11.3 Å². The molecule has 3 nitrogen and oxygen atoms in total. The van der Waals surface area contributed by atoms with E-state index in [9.17, 15) is 26.7 Å². The molecule has 1 amide bonds. The second-order valence-electron chi connectivity index (χ2n) is 4.64. The Morgan fingerprint density at radius 2 is 1.78 bits per heavy atom. The third-order valence-electron chi connectivity index (χ3n) is 3.05. The van der Waals surface area contributed by atoms with Crippen molar-refractivity contribution in [1.29, 1.82) is 0 Å². The lowest BCUT2D eigenvalue weighted by Crippen LogP contribution is -2.36. The number of benzene rings is 1. The van der Waals surface area contributed by atoms with Gasteiger partial charge in [0.15, 0.2) is 0 Å². The Balaban J connectivity index is 2.29. The number of nitrogens with one attached hydrogen (secondary N) is 1. The van der Waals surface area contributed by atoms with Gasteiger partial charge in [0.05, 0.1) is 0 Å². The summed E-state index contributed by atoms with van der Waals surface area (Å²) in [7, 11) is 0. The quantitative estimate of drug-likeness (QED) is 0.865. The van der Waals surface area contributed by atoms with E-state index in [1.165, 1.54) is 36.7 Å². The lowest BCUT2D eigenvalue weighted by Gasteiger charge is -2.13. The molecule has 0 aliphatic carbocycles. The fraction of sp³-hybridized carbons (Fsp3) is 0.200. The Labute approximate surface area is 128 Å². The summed E-state index contributed by atoms with van der Waals surface area (Å²) >= 11 is 0. The van der Waals surface area contributed by atoms with Crippen LogP contribution in [0.4, 0.5) is 22.0 Å². The van der Waals surface area contributed by atoms with Gasteiger partial charge < -0.3 is 5.32 Å². The lowest BCUT2D eigenvalue weighted by molar-refractivity contribution is -0.173. The molecule has 1 heterocycles. The van der Waals surface area contributed by atoms with Gasteiger partial charge >= 0.3 is 12.1 Å². The minimum Gasteiger partial charge on any atom is -0.344 e. The normalized spacial score (nSPS) is 11.6. The highest BCUT2D eigenvalue weighted by atomic mass is 19.4. The molecule has 0 aliphatic rings. The summed E-state index contributed by atoms with van der Waals surface area (Å²) in [4.78, 5) is 14.6. The van der Waals surface area contributed by atoms with Gasteiger partial charge in [-0.1, -0.05) is 12.1 Å². The highest BCUT2D eigenvalue weighted by Crippen LogP contribution is 2.31. The van der Waals surface area contributed by atoms with Crippen molar-refractivity contribution in [3.05, 3.63) is 53.9 Å². The van der Waals surface area contributed by atoms with E-state index in [2.05, 4.69) is 4.98 Å². The van der Waals surface area contributed by atoms with E-state index < -0.39 is 25.1 Å². The second-order valence-corrected chi connectivity index (χ2v) is 4.64. The van der Waals surface area contributed by atoms with Crippen LogP contribution < -0.4 is 5.32 Å². The van der Waals surface area contributed by atoms with E-state index in [1.807, 2.05) is 0 Å².